The van der Waals surface area contributed by atoms with Crippen molar-refractivity contribution in [1.82, 2.24) is 0 Å². The number of aryl methyl sites for hydroxylation is 1. The fourth-order valence-corrected chi connectivity index (χ4v) is 1.69. The number of benzene rings is 1. The Morgan fingerprint density at radius 3 is 2.78 bits per heavy atom. The Morgan fingerprint density at radius 1 is 1.33 bits per heavy atom. The van der Waals surface area contributed by atoms with Crippen molar-refractivity contribution in [2.45, 2.75) is 6.92 Å². The third-order valence-electron chi connectivity index (χ3n) is 2.43. The molecule has 5 heteroatoms. The molecular formula is C13H20N2O2S. The van der Waals surface area contributed by atoms with Crippen molar-refractivity contribution in [3.63, 3.8) is 0 Å². The summed E-state index contributed by atoms with van der Waals surface area (Å²) in [5.41, 5.74) is 8.66. The van der Waals surface area contributed by atoms with Gasteiger partial charge in [0.25, 0.3) is 0 Å². The van der Waals surface area contributed by atoms with Gasteiger partial charge in [-0.15, -0.1) is 0 Å². The third kappa shape index (κ3) is 5.00. The molecule has 100 valence electrons. The quantitative estimate of drug-likeness (QED) is 0.555. The van der Waals surface area contributed by atoms with Crippen LogP contribution in [0.4, 0.5) is 5.69 Å². The Kier molecular flexibility index (Phi) is 6.64. The third-order valence-corrected chi connectivity index (χ3v) is 2.65. The largest absolute Gasteiger partial charge is 0.389 e. The van der Waals surface area contributed by atoms with Crippen LogP contribution in [0.1, 0.15) is 11.1 Å². The maximum absolute atomic E-state index is 5.70. The number of hydrogen-bond donors (Lipinski definition) is 2. The minimum absolute atomic E-state index is 0.404. The van der Waals surface area contributed by atoms with Gasteiger partial charge in [0.2, 0.25) is 0 Å². The van der Waals surface area contributed by atoms with Crippen molar-refractivity contribution < 1.29 is 9.47 Å². The molecule has 4 nitrogen and oxygen atoms in total. The first kappa shape index (κ1) is 14.9. The average Bonchev–Trinajstić information content (AvgIpc) is 2.35. The topological polar surface area (TPSA) is 56.5 Å². The van der Waals surface area contributed by atoms with E-state index in [9.17, 15) is 0 Å². The second-order valence-corrected chi connectivity index (χ2v) is 4.39. The number of anilines is 1. The lowest BCUT2D eigenvalue weighted by molar-refractivity contribution is 0.0759. The summed E-state index contributed by atoms with van der Waals surface area (Å²) in [7, 11) is 1.66. The van der Waals surface area contributed by atoms with Gasteiger partial charge < -0.3 is 20.5 Å². The van der Waals surface area contributed by atoms with E-state index < -0.39 is 0 Å². The van der Waals surface area contributed by atoms with Crippen molar-refractivity contribution in [3.05, 3.63) is 29.3 Å². The van der Waals surface area contributed by atoms with Crippen molar-refractivity contribution in [2.75, 3.05) is 38.8 Å². The summed E-state index contributed by atoms with van der Waals surface area (Å²) in [6, 6.07) is 5.99. The lowest BCUT2D eigenvalue weighted by Crippen LogP contribution is -2.16. The second-order valence-electron chi connectivity index (χ2n) is 3.95. The molecule has 1 rings (SSSR count). The molecule has 0 heterocycles. The smallest absolute Gasteiger partial charge is 0.106 e. The van der Waals surface area contributed by atoms with Crippen molar-refractivity contribution in [3.8, 4) is 0 Å². The van der Waals surface area contributed by atoms with Crippen LogP contribution in [0.3, 0.4) is 0 Å². The van der Waals surface area contributed by atoms with Crippen LogP contribution in [-0.4, -0.2) is 38.5 Å². The lowest BCUT2D eigenvalue weighted by atomic mass is 10.1. The van der Waals surface area contributed by atoms with Gasteiger partial charge in [-0.1, -0.05) is 23.8 Å². The van der Waals surface area contributed by atoms with E-state index in [0.717, 1.165) is 16.8 Å². The highest BCUT2D eigenvalue weighted by Gasteiger charge is 2.04. The van der Waals surface area contributed by atoms with Gasteiger partial charge in [0.05, 0.1) is 19.8 Å². The summed E-state index contributed by atoms with van der Waals surface area (Å²) >= 11 is 5.04. The Hall–Kier alpha value is -1.17. The van der Waals surface area contributed by atoms with E-state index in [1.165, 1.54) is 0 Å². The van der Waals surface area contributed by atoms with E-state index in [4.69, 9.17) is 27.4 Å². The molecule has 0 aliphatic carbocycles. The number of ether oxygens (including phenoxy) is 2. The summed E-state index contributed by atoms with van der Waals surface area (Å²) in [6.45, 7) is 4.56. The van der Waals surface area contributed by atoms with E-state index in [0.29, 0.717) is 31.4 Å². The highest BCUT2D eigenvalue weighted by atomic mass is 32.1. The number of nitrogens with one attached hydrogen (secondary N) is 1. The number of methoxy groups -OCH3 is 1. The highest BCUT2D eigenvalue weighted by Crippen LogP contribution is 2.16. The Balaban J connectivity index is 2.44. The van der Waals surface area contributed by atoms with Crippen LogP contribution in [0.25, 0.3) is 0 Å². The molecule has 1 aromatic rings. The van der Waals surface area contributed by atoms with Gasteiger partial charge in [0, 0.05) is 24.9 Å². The van der Waals surface area contributed by atoms with Crippen LogP contribution in [-0.2, 0) is 9.47 Å². The molecular weight excluding hydrogens is 248 g/mol. The Labute approximate surface area is 113 Å². The summed E-state index contributed by atoms with van der Waals surface area (Å²) in [4.78, 5) is 0.404. The summed E-state index contributed by atoms with van der Waals surface area (Å²) < 4.78 is 10.3. The van der Waals surface area contributed by atoms with Crippen LogP contribution >= 0.6 is 12.2 Å². The molecule has 0 aliphatic rings. The molecule has 0 unspecified atom stereocenters. The molecule has 0 radical (unpaired) electrons. The van der Waals surface area contributed by atoms with Crippen LogP contribution in [0.15, 0.2) is 18.2 Å². The van der Waals surface area contributed by atoms with Crippen LogP contribution in [0.5, 0.6) is 0 Å². The Morgan fingerprint density at radius 2 is 2.11 bits per heavy atom. The van der Waals surface area contributed by atoms with E-state index in [1.54, 1.807) is 7.11 Å². The molecule has 3 N–H and O–H groups in total. The van der Waals surface area contributed by atoms with Crippen LogP contribution in [0.2, 0.25) is 0 Å². The molecule has 0 spiro atoms. The number of hydrogen-bond acceptors (Lipinski definition) is 4. The molecule has 0 saturated heterocycles. The number of thiocarbonyl (C=S) groups is 1. The monoisotopic (exact) mass is 268 g/mol. The fraction of sp³-hybridized carbons (Fsp3) is 0.462. The fourth-order valence-electron chi connectivity index (χ4n) is 1.52. The average molecular weight is 268 g/mol. The molecule has 0 amide bonds. The lowest BCUT2D eigenvalue weighted by Gasteiger charge is -2.12. The molecule has 0 saturated carbocycles. The standard InChI is InChI=1S/C13H20N2O2S/c1-10-3-4-12(11(9-10)13(14)18)15-5-6-17-8-7-16-2/h3-4,9,15H,5-8H2,1-2H3,(H2,14,18). The number of nitrogens with two attached hydrogens (primary N) is 1. The maximum Gasteiger partial charge on any atom is 0.106 e. The summed E-state index contributed by atoms with van der Waals surface area (Å²) in [5.74, 6) is 0. The van der Waals surface area contributed by atoms with E-state index in [-0.39, 0.29) is 0 Å². The normalized spacial score (nSPS) is 10.3. The maximum atomic E-state index is 5.70. The van der Waals surface area contributed by atoms with Gasteiger partial charge in [0.1, 0.15) is 4.99 Å². The van der Waals surface area contributed by atoms with Gasteiger partial charge >= 0.3 is 0 Å². The van der Waals surface area contributed by atoms with Gasteiger partial charge in [-0.05, 0) is 19.1 Å². The highest BCUT2D eigenvalue weighted by molar-refractivity contribution is 7.80. The van der Waals surface area contributed by atoms with Crippen LogP contribution in [0, 0.1) is 6.92 Å². The van der Waals surface area contributed by atoms with Crippen molar-refractivity contribution >= 4 is 22.9 Å². The molecule has 0 aromatic heterocycles. The predicted octanol–water partition coefficient (Wildman–Crippen LogP) is 1.70. The van der Waals surface area contributed by atoms with Gasteiger partial charge in [-0.2, -0.15) is 0 Å². The second kappa shape index (κ2) is 8.02. The van der Waals surface area contributed by atoms with Crippen molar-refractivity contribution in [1.29, 1.82) is 0 Å². The molecule has 1 aromatic carbocycles. The predicted molar refractivity (Wildman–Crippen MR) is 78.3 cm³/mol. The minimum atomic E-state index is 0.404. The Bertz CT molecular complexity index is 397. The first-order valence-corrected chi connectivity index (χ1v) is 6.27. The molecule has 0 bridgehead atoms. The summed E-state index contributed by atoms with van der Waals surface area (Å²) in [5, 5.41) is 3.27. The van der Waals surface area contributed by atoms with Crippen molar-refractivity contribution in [2.24, 2.45) is 5.73 Å². The van der Waals surface area contributed by atoms with E-state index in [2.05, 4.69) is 5.32 Å². The SMILES string of the molecule is COCCOCCNc1ccc(C)cc1C(N)=S. The van der Waals surface area contributed by atoms with Gasteiger partial charge in [0.15, 0.2) is 0 Å². The molecule has 18 heavy (non-hydrogen) atoms. The van der Waals surface area contributed by atoms with Gasteiger partial charge in [-0.3, -0.25) is 0 Å². The van der Waals surface area contributed by atoms with E-state index >= 15 is 0 Å². The van der Waals surface area contributed by atoms with E-state index in [1.807, 2.05) is 25.1 Å². The molecule has 0 fully saturated rings. The zero-order chi connectivity index (χ0) is 13.4. The summed E-state index contributed by atoms with van der Waals surface area (Å²) in [6.07, 6.45) is 0. The van der Waals surface area contributed by atoms with Crippen LogP contribution < -0.4 is 11.1 Å². The van der Waals surface area contributed by atoms with Gasteiger partial charge in [-0.25, -0.2) is 0 Å². The zero-order valence-corrected chi connectivity index (χ0v) is 11.7. The first-order chi connectivity index (χ1) is 8.65. The molecule has 0 aliphatic heterocycles. The minimum Gasteiger partial charge on any atom is -0.389 e. The molecule has 0 atom stereocenters. The first-order valence-electron chi connectivity index (χ1n) is 5.86. The number of rotatable bonds is 8. The zero-order valence-electron chi connectivity index (χ0n) is 10.9.